The van der Waals surface area contributed by atoms with Gasteiger partial charge in [0.2, 0.25) is 10.0 Å². The second kappa shape index (κ2) is 8.25. The number of amides is 1. The molecule has 132 valence electrons. The van der Waals surface area contributed by atoms with Gasteiger partial charge in [-0.25, -0.2) is 12.7 Å². The highest BCUT2D eigenvalue weighted by Crippen LogP contribution is 2.20. The average Bonchev–Trinajstić information content (AvgIpc) is 2.58. The minimum Gasteiger partial charge on any atom is -0.455 e. The largest absolute Gasteiger partial charge is 0.455 e. The fourth-order valence-corrected chi connectivity index (χ4v) is 3.40. The van der Waals surface area contributed by atoms with Crippen LogP contribution in [-0.4, -0.2) is 50.6 Å². The van der Waals surface area contributed by atoms with Crippen LogP contribution in [0.25, 0.3) is 0 Å². The molecule has 0 aliphatic carbocycles. The molecule has 1 fully saturated rings. The van der Waals surface area contributed by atoms with E-state index in [4.69, 9.17) is 4.74 Å². The molecule has 0 saturated carbocycles. The van der Waals surface area contributed by atoms with E-state index in [-0.39, 0.29) is 18.4 Å². The van der Waals surface area contributed by atoms with E-state index in [1.807, 2.05) is 30.3 Å². The van der Waals surface area contributed by atoms with E-state index in [9.17, 15) is 18.0 Å². The van der Waals surface area contributed by atoms with Gasteiger partial charge in [0.25, 0.3) is 5.91 Å². The Bertz CT molecular complexity index is 667. The molecule has 7 nitrogen and oxygen atoms in total. The van der Waals surface area contributed by atoms with Crippen molar-refractivity contribution >= 4 is 21.9 Å². The van der Waals surface area contributed by atoms with Gasteiger partial charge in [-0.3, -0.25) is 9.59 Å². The van der Waals surface area contributed by atoms with Gasteiger partial charge in [0.05, 0.1) is 12.2 Å². The molecular weight excluding hydrogens is 332 g/mol. The molecule has 1 aromatic carbocycles. The van der Waals surface area contributed by atoms with E-state index >= 15 is 0 Å². The summed E-state index contributed by atoms with van der Waals surface area (Å²) >= 11 is 0. The molecule has 0 aromatic heterocycles. The molecule has 0 atom stereocenters. The van der Waals surface area contributed by atoms with Crippen molar-refractivity contribution in [1.82, 2.24) is 9.62 Å². The Hall–Kier alpha value is -1.93. The molecule has 0 radical (unpaired) electrons. The lowest BCUT2D eigenvalue weighted by Crippen LogP contribution is -2.40. The number of carbonyl (C=O) groups is 2. The molecule has 24 heavy (non-hydrogen) atoms. The fourth-order valence-electron chi connectivity index (χ4n) is 2.53. The van der Waals surface area contributed by atoms with Gasteiger partial charge < -0.3 is 10.1 Å². The third kappa shape index (κ3) is 5.61. The Morgan fingerprint density at radius 1 is 1.21 bits per heavy atom. The third-order valence-corrected chi connectivity index (χ3v) is 5.24. The summed E-state index contributed by atoms with van der Waals surface area (Å²) < 4.78 is 29.2. The minimum absolute atomic E-state index is 0.304. The number of benzene rings is 1. The zero-order valence-corrected chi connectivity index (χ0v) is 14.4. The lowest BCUT2D eigenvalue weighted by Gasteiger charge is -2.28. The van der Waals surface area contributed by atoms with E-state index in [0.717, 1.165) is 11.8 Å². The van der Waals surface area contributed by atoms with Crippen molar-refractivity contribution in [3.05, 3.63) is 35.9 Å². The smallest absolute Gasteiger partial charge is 0.309 e. The number of esters is 1. The summed E-state index contributed by atoms with van der Waals surface area (Å²) in [5, 5.41) is 2.68. The molecule has 8 heteroatoms. The van der Waals surface area contributed by atoms with Crippen LogP contribution >= 0.6 is 0 Å². The lowest BCUT2D eigenvalue weighted by atomic mass is 9.98. The first kappa shape index (κ1) is 18.4. The van der Waals surface area contributed by atoms with E-state index in [2.05, 4.69) is 5.32 Å². The summed E-state index contributed by atoms with van der Waals surface area (Å²) in [6.07, 6.45) is 1.98. The van der Waals surface area contributed by atoms with Crippen LogP contribution in [0.4, 0.5) is 0 Å². The van der Waals surface area contributed by atoms with Gasteiger partial charge in [-0.05, 0) is 18.4 Å². The molecule has 1 saturated heterocycles. The summed E-state index contributed by atoms with van der Waals surface area (Å²) in [4.78, 5) is 23.7. The standard InChI is InChI=1S/C16H22N2O5S/c1-24(21,22)18-9-7-14(8-10-18)16(20)23-12-15(19)17-11-13-5-3-2-4-6-13/h2-6,14H,7-12H2,1H3,(H,17,19). The normalized spacial score (nSPS) is 16.5. The Labute approximate surface area is 142 Å². The Balaban J connectivity index is 1.69. The topological polar surface area (TPSA) is 92.8 Å². The summed E-state index contributed by atoms with van der Waals surface area (Å²) in [7, 11) is -3.22. The number of nitrogens with zero attached hydrogens (tertiary/aromatic N) is 1. The number of nitrogens with one attached hydrogen (secondary N) is 1. The third-order valence-electron chi connectivity index (χ3n) is 3.93. The Morgan fingerprint density at radius 2 is 1.83 bits per heavy atom. The van der Waals surface area contributed by atoms with Crippen molar-refractivity contribution in [1.29, 1.82) is 0 Å². The van der Waals surface area contributed by atoms with Crippen LogP contribution in [0.2, 0.25) is 0 Å². The SMILES string of the molecule is CS(=O)(=O)N1CCC(C(=O)OCC(=O)NCc2ccccc2)CC1. The van der Waals surface area contributed by atoms with Crippen molar-refractivity contribution in [2.45, 2.75) is 19.4 Å². The number of piperidine rings is 1. The number of sulfonamides is 1. The van der Waals surface area contributed by atoms with Crippen molar-refractivity contribution in [3.8, 4) is 0 Å². The first-order chi connectivity index (χ1) is 11.4. The number of ether oxygens (including phenoxy) is 1. The summed E-state index contributed by atoms with van der Waals surface area (Å²) in [5.74, 6) is -1.16. The Kier molecular flexibility index (Phi) is 6.33. The zero-order chi connectivity index (χ0) is 17.6. The fraction of sp³-hybridized carbons (Fsp3) is 0.500. The maximum absolute atomic E-state index is 12.0. The lowest BCUT2D eigenvalue weighted by molar-refractivity contribution is -0.153. The molecule has 1 heterocycles. The molecule has 1 amide bonds. The molecule has 1 aliphatic rings. The van der Waals surface area contributed by atoms with Crippen LogP contribution in [0.3, 0.4) is 0 Å². The summed E-state index contributed by atoms with van der Waals surface area (Å²) in [6.45, 7) is 0.666. The van der Waals surface area contributed by atoms with Gasteiger partial charge in [-0.1, -0.05) is 30.3 Å². The quantitative estimate of drug-likeness (QED) is 0.752. The average molecular weight is 354 g/mol. The van der Waals surface area contributed by atoms with Crippen LogP contribution in [0.1, 0.15) is 18.4 Å². The van der Waals surface area contributed by atoms with Crippen molar-refractivity contribution in [2.75, 3.05) is 26.0 Å². The molecule has 1 aliphatic heterocycles. The number of hydrogen-bond donors (Lipinski definition) is 1. The second-order valence-corrected chi connectivity index (χ2v) is 7.79. The van der Waals surface area contributed by atoms with Crippen LogP contribution in [0.15, 0.2) is 30.3 Å². The van der Waals surface area contributed by atoms with Gasteiger partial charge in [-0.2, -0.15) is 0 Å². The highest BCUT2D eigenvalue weighted by Gasteiger charge is 2.30. The number of carbonyl (C=O) groups excluding carboxylic acids is 2. The molecule has 1 aromatic rings. The van der Waals surface area contributed by atoms with Crippen LogP contribution in [-0.2, 0) is 30.9 Å². The second-order valence-electron chi connectivity index (χ2n) is 5.81. The van der Waals surface area contributed by atoms with Crippen molar-refractivity contribution in [3.63, 3.8) is 0 Å². The van der Waals surface area contributed by atoms with E-state index in [0.29, 0.717) is 32.5 Å². The van der Waals surface area contributed by atoms with Crippen LogP contribution in [0, 0.1) is 5.92 Å². The maximum Gasteiger partial charge on any atom is 0.309 e. The Morgan fingerprint density at radius 3 is 2.42 bits per heavy atom. The van der Waals surface area contributed by atoms with Gasteiger partial charge in [0.15, 0.2) is 6.61 Å². The van der Waals surface area contributed by atoms with Crippen LogP contribution < -0.4 is 5.32 Å². The van der Waals surface area contributed by atoms with Crippen LogP contribution in [0.5, 0.6) is 0 Å². The first-order valence-electron chi connectivity index (χ1n) is 7.78. The van der Waals surface area contributed by atoms with E-state index in [1.165, 1.54) is 4.31 Å². The van der Waals surface area contributed by atoms with Crippen molar-refractivity contribution in [2.24, 2.45) is 5.92 Å². The van der Waals surface area contributed by atoms with Gasteiger partial charge >= 0.3 is 5.97 Å². The maximum atomic E-state index is 12.0. The monoisotopic (exact) mass is 354 g/mol. The molecule has 0 spiro atoms. The summed E-state index contributed by atoms with van der Waals surface area (Å²) in [6, 6.07) is 9.43. The predicted octanol–water partition coefficient (Wildman–Crippen LogP) is 0.518. The van der Waals surface area contributed by atoms with E-state index < -0.39 is 16.0 Å². The van der Waals surface area contributed by atoms with Gasteiger partial charge in [0.1, 0.15) is 0 Å². The molecule has 1 N–H and O–H groups in total. The highest BCUT2D eigenvalue weighted by molar-refractivity contribution is 7.88. The first-order valence-corrected chi connectivity index (χ1v) is 9.63. The van der Waals surface area contributed by atoms with Gasteiger partial charge in [-0.15, -0.1) is 0 Å². The molecule has 0 unspecified atom stereocenters. The minimum atomic E-state index is -3.22. The predicted molar refractivity (Wildman–Crippen MR) is 88.4 cm³/mol. The molecular formula is C16H22N2O5S. The molecule has 2 rings (SSSR count). The summed E-state index contributed by atoms with van der Waals surface area (Å²) in [5.41, 5.74) is 0.963. The number of hydrogen-bond acceptors (Lipinski definition) is 5. The van der Waals surface area contributed by atoms with E-state index in [1.54, 1.807) is 0 Å². The zero-order valence-electron chi connectivity index (χ0n) is 13.6. The van der Waals surface area contributed by atoms with Crippen molar-refractivity contribution < 1.29 is 22.7 Å². The molecule has 0 bridgehead atoms. The number of rotatable bonds is 6. The highest BCUT2D eigenvalue weighted by atomic mass is 32.2. The van der Waals surface area contributed by atoms with Gasteiger partial charge in [0, 0.05) is 19.6 Å².